The van der Waals surface area contributed by atoms with E-state index in [1.54, 1.807) is 0 Å². The lowest BCUT2D eigenvalue weighted by Crippen LogP contribution is -2.22. The smallest absolute Gasteiger partial charge is 0.311 e. The quantitative estimate of drug-likeness (QED) is 0.543. The number of hydrogen-bond acceptors (Lipinski definition) is 5. The predicted octanol–water partition coefficient (Wildman–Crippen LogP) is 4.60. The number of rotatable bonds is 3. The van der Waals surface area contributed by atoms with E-state index < -0.39 is 0 Å². The number of fused-ring (bicyclic) bond motifs is 3. The Morgan fingerprint density at radius 3 is 2.59 bits per heavy atom. The van der Waals surface area contributed by atoms with E-state index in [9.17, 15) is 14.7 Å². The van der Waals surface area contributed by atoms with E-state index in [1.165, 1.54) is 12.1 Å². The Balaban J connectivity index is 2.03. The minimum absolute atomic E-state index is 0.125. The first kappa shape index (κ1) is 17.3. The number of ether oxygens (including phenoxy) is 1. The lowest BCUT2D eigenvalue weighted by molar-refractivity contribution is -0.136. The summed E-state index contributed by atoms with van der Waals surface area (Å²) in [4.78, 5) is 24.8. The molecular weight excluding hydrogens is 344 g/mol. The molecule has 138 valence electrons. The maximum atomic E-state index is 12.7. The van der Waals surface area contributed by atoms with Gasteiger partial charge >= 0.3 is 5.97 Å². The molecule has 1 N–H and O–H groups in total. The van der Waals surface area contributed by atoms with Crippen LogP contribution >= 0.6 is 0 Å². The molecule has 0 radical (unpaired) electrons. The summed E-state index contributed by atoms with van der Waals surface area (Å²) >= 11 is 0. The van der Waals surface area contributed by atoms with Crippen LogP contribution in [0.25, 0.3) is 22.3 Å². The van der Waals surface area contributed by atoms with Crippen molar-refractivity contribution in [2.24, 2.45) is 5.92 Å². The largest absolute Gasteiger partial charge is 0.507 e. The van der Waals surface area contributed by atoms with Crippen molar-refractivity contribution in [3.63, 3.8) is 0 Å². The van der Waals surface area contributed by atoms with Gasteiger partial charge in [0.2, 0.25) is 0 Å². The molecule has 1 aliphatic heterocycles. The molecular formula is C22H20O5. The number of esters is 1. The zero-order valence-corrected chi connectivity index (χ0v) is 15.2. The van der Waals surface area contributed by atoms with Crippen molar-refractivity contribution >= 4 is 16.9 Å². The van der Waals surface area contributed by atoms with Gasteiger partial charge < -0.3 is 14.3 Å². The zero-order valence-electron chi connectivity index (χ0n) is 15.2. The molecule has 0 bridgehead atoms. The molecule has 5 nitrogen and oxygen atoms in total. The molecule has 0 saturated heterocycles. The van der Waals surface area contributed by atoms with Crippen molar-refractivity contribution in [1.29, 1.82) is 0 Å². The molecule has 0 aliphatic carbocycles. The van der Waals surface area contributed by atoms with Gasteiger partial charge in [0.05, 0.1) is 6.42 Å². The SMILES string of the molecule is CC(C)CC1CC(=O)Oc2cc(O)c3c(=O)cc(-c4ccccc4)oc3c21. The van der Waals surface area contributed by atoms with Gasteiger partial charge in [0.1, 0.15) is 28.2 Å². The monoisotopic (exact) mass is 364 g/mol. The summed E-state index contributed by atoms with van der Waals surface area (Å²) in [6.07, 6.45) is 0.978. The summed E-state index contributed by atoms with van der Waals surface area (Å²) in [5.41, 5.74) is 1.43. The number of phenolic OH excluding ortho intramolecular Hbond substituents is 1. The van der Waals surface area contributed by atoms with Crippen LogP contribution < -0.4 is 10.2 Å². The maximum Gasteiger partial charge on any atom is 0.311 e. The number of hydrogen-bond donors (Lipinski definition) is 1. The fourth-order valence-corrected chi connectivity index (χ4v) is 3.77. The van der Waals surface area contributed by atoms with Crippen molar-refractivity contribution in [3.8, 4) is 22.8 Å². The number of phenols is 1. The van der Waals surface area contributed by atoms with E-state index in [1.807, 2.05) is 30.3 Å². The number of aromatic hydroxyl groups is 1. The second-order valence-electron chi connectivity index (χ2n) is 7.36. The molecule has 0 saturated carbocycles. The number of carbonyl (C=O) groups excluding carboxylic acids is 1. The van der Waals surface area contributed by atoms with E-state index >= 15 is 0 Å². The number of carbonyl (C=O) groups is 1. The Kier molecular flexibility index (Phi) is 4.22. The van der Waals surface area contributed by atoms with Crippen LogP contribution in [0, 0.1) is 5.92 Å². The third-order valence-electron chi connectivity index (χ3n) is 4.84. The van der Waals surface area contributed by atoms with Crippen molar-refractivity contribution in [3.05, 3.63) is 58.3 Å². The van der Waals surface area contributed by atoms with Gasteiger partial charge in [-0.05, 0) is 12.3 Å². The Hall–Kier alpha value is -3.08. The highest BCUT2D eigenvalue weighted by atomic mass is 16.5. The number of benzene rings is 2. The Morgan fingerprint density at radius 1 is 1.15 bits per heavy atom. The molecule has 2 aromatic carbocycles. The van der Waals surface area contributed by atoms with Crippen molar-refractivity contribution in [2.45, 2.75) is 32.6 Å². The van der Waals surface area contributed by atoms with Crippen molar-refractivity contribution in [2.75, 3.05) is 0 Å². The standard InChI is InChI=1S/C22H20O5/c1-12(2)8-14-9-19(25)26-18-11-16(24)21-15(23)10-17(27-22(21)20(14)18)13-6-4-3-5-7-13/h3-7,10-12,14,24H,8-9H2,1-2H3. The van der Waals surface area contributed by atoms with Gasteiger partial charge in [0.25, 0.3) is 0 Å². The molecule has 4 rings (SSSR count). The van der Waals surface area contributed by atoms with E-state index in [0.717, 1.165) is 12.0 Å². The van der Waals surface area contributed by atoms with Crippen molar-refractivity contribution in [1.82, 2.24) is 0 Å². The van der Waals surface area contributed by atoms with Gasteiger partial charge in [0.15, 0.2) is 5.43 Å². The first-order valence-corrected chi connectivity index (χ1v) is 9.04. The van der Waals surface area contributed by atoms with Crippen LogP contribution in [-0.2, 0) is 4.79 Å². The van der Waals surface area contributed by atoms with Crippen molar-refractivity contribution < 1.29 is 19.1 Å². The summed E-state index contributed by atoms with van der Waals surface area (Å²) < 4.78 is 11.5. The Bertz CT molecular complexity index is 1080. The van der Waals surface area contributed by atoms with Crippen LogP contribution in [-0.4, -0.2) is 11.1 Å². The molecule has 1 aromatic heterocycles. The lowest BCUT2D eigenvalue weighted by atomic mass is 9.84. The van der Waals surface area contributed by atoms with E-state index in [2.05, 4.69) is 13.8 Å². The van der Waals surface area contributed by atoms with Crippen LogP contribution in [0.1, 0.15) is 38.2 Å². The summed E-state index contributed by atoms with van der Waals surface area (Å²) in [5.74, 6) is 0.333. The van der Waals surface area contributed by atoms with Crippen LogP contribution in [0.5, 0.6) is 11.5 Å². The fourth-order valence-electron chi connectivity index (χ4n) is 3.77. The minimum atomic E-state index is -0.339. The van der Waals surface area contributed by atoms with E-state index in [-0.39, 0.29) is 40.6 Å². The average molecular weight is 364 g/mol. The second-order valence-corrected chi connectivity index (χ2v) is 7.36. The highest BCUT2D eigenvalue weighted by Crippen LogP contribution is 2.45. The van der Waals surface area contributed by atoms with Gasteiger partial charge in [-0.15, -0.1) is 0 Å². The Labute approximate surface area is 156 Å². The summed E-state index contributed by atoms with van der Waals surface area (Å²) in [6, 6.07) is 12.0. The van der Waals surface area contributed by atoms with E-state index in [0.29, 0.717) is 22.8 Å². The second kappa shape index (κ2) is 6.58. The molecule has 27 heavy (non-hydrogen) atoms. The molecule has 5 heteroatoms. The maximum absolute atomic E-state index is 12.7. The third kappa shape index (κ3) is 3.10. The van der Waals surface area contributed by atoms with Gasteiger partial charge in [-0.25, -0.2) is 0 Å². The minimum Gasteiger partial charge on any atom is -0.507 e. The van der Waals surface area contributed by atoms with Gasteiger partial charge in [-0.2, -0.15) is 0 Å². The average Bonchev–Trinajstić information content (AvgIpc) is 2.60. The molecule has 1 unspecified atom stereocenters. The van der Waals surface area contributed by atoms with Gasteiger partial charge in [0, 0.05) is 29.2 Å². The molecule has 3 aromatic rings. The molecule has 0 fully saturated rings. The fraction of sp³-hybridized carbons (Fsp3) is 0.273. The first-order chi connectivity index (χ1) is 12.9. The van der Waals surface area contributed by atoms with Crippen LogP contribution in [0.2, 0.25) is 0 Å². The molecule has 1 aliphatic rings. The van der Waals surface area contributed by atoms with Gasteiger partial charge in [-0.3, -0.25) is 9.59 Å². The third-order valence-corrected chi connectivity index (χ3v) is 4.84. The highest BCUT2D eigenvalue weighted by molar-refractivity contribution is 5.92. The molecule has 2 heterocycles. The van der Waals surface area contributed by atoms with Crippen LogP contribution in [0.3, 0.4) is 0 Å². The van der Waals surface area contributed by atoms with Crippen LogP contribution in [0.15, 0.2) is 51.7 Å². The first-order valence-electron chi connectivity index (χ1n) is 9.04. The molecule has 1 atom stereocenters. The topological polar surface area (TPSA) is 76.7 Å². The zero-order chi connectivity index (χ0) is 19.1. The lowest BCUT2D eigenvalue weighted by Gasteiger charge is -2.26. The van der Waals surface area contributed by atoms with Crippen LogP contribution in [0.4, 0.5) is 0 Å². The Morgan fingerprint density at radius 2 is 1.89 bits per heavy atom. The van der Waals surface area contributed by atoms with Gasteiger partial charge in [-0.1, -0.05) is 44.2 Å². The van der Waals surface area contributed by atoms with E-state index in [4.69, 9.17) is 9.15 Å². The molecule has 0 spiro atoms. The predicted molar refractivity (Wildman–Crippen MR) is 102 cm³/mol. The normalized spacial score (nSPS) is 16.4. The summed E-state index contributed by atoms with van der Waals surface area (Å²) in [6.45, 7) is 4.15. The summed E-state index contributed by atoms with van der Waals surface area (Å²) in [7, 11) is 0. The highest BCUT2D eigenvalue weighted by Gasteiger charge is 2.32. The summed E-state index contributed by atoms with van der Waals surface area (Å²) in [5, 5.41) is 10.5. The molecule has 0 amide bonds.